The molecule has 4 rings (SSSR count). The fourth-order valence-corrected chi connectivity index (χ4v) is 3.72. The SMILES string of the molecule is O=C(CN1CCN(C(=O)[C@@H]2COc3ccccc3O2)CC1)NCCc1ccccc1. The average Bonchev–Trinajstić information content (AvgIpc) is 2.79. The largest absolute Gasteiger partial charge is 0.485 e. The van der Waals surface area contributed by atoms with Crippen LogP contribution in [0.5, 0.6) is 11.5 Å². The maximum Gasteiger partial charge on any atom is 0.267 e. The Hall–Kier alpha value is -3.06. The van der Waals surface area contributed by atoms with Crippen LogP contribution in [0.3, 0.4) is 0 Å². The van der Waals surface area contributed by atoms with Gasteiger partial charge in [0.2, 0.25) is 12.0 Å². The number of fused-ring (bicyclic) bond motifs is 1. The van der Waals surface area contributed by atoms with E-state index in [0.29, 0.717) is 50.8 Å². The first kappa shape index (κ1) is 20.2. The van der Waals surface area contributed by atoms with E-state index >= 15 is 0 Å². The smallest absolute Gasteiger partial charge is 0.267 e. The van der Waals surface area contributed by atoms with E-state index < -0.39 is 6.10 Å². The van der Waals surface area contributed by atoms with E-state index in [1.807, 2.05) is 42.5 Å². The van der Waals surface area contributed by atoms with Crippen LogP contribution in [0.25, 0.3) is 0 Å². The van der Waals surface area contributed by atoms with Gasteiger partial charge in [0.25, 0.3) is 5.91 Å². The van der Waals surface area contributed by atoms with E-state index in [1.54, 1.807) is 4.90 Å². The summed E-state index contributed by atoms with van der Waals surface area (Å²) in [6, 6.07) is 17.5. The van der Waals surface area contributed by atoms with E-state index in [0.717, 1.165) is 6.42 Å². The van der Waals surface area contributed by atoms with Gasteiger partial charge in [-0.2, -0.15) is 0 Å². The fourth-order valence-electron chi connectivity index (χ4n) is 3.72. The minimum absolute atomic E-state index is 0.0197. The van der Waals surface area contributed by atoms with Crippen LogP contribution in [-0.2, 0) is 16.0 Å². The molecule has 0 aliphatic carbocycles. The van der Waals surface area contributed by atoms with Crippen LogP contribution in [0.4, 0.5) is 0 Å². The Morgan fingerprint density at radius 1 is 0.933 bits per heavy atom. The quantitative estimate of drug-likeness (QED) is 0.780. The number of nitrogens with one attached hydrogen (secondary N) is 1. The highest BCUT2D eigenvalue weighted by atomic mass is 16.6. The van der Waals surface area contributed by atoms with Gasteiger partial charge >= 0.3 is 0 Å². The molecule has 7 nitrogen and oxygen atoms in total. The summed E-state index contributed by atoms with van der Waals surface area (Å²) in [5.41, 5.74) is 1.21. The molecule has 7 heteroatoms. The summed E-state index contributed by atoms with van der Waals surface area (Å²) in [4.78, 5) is 28.9. The zero-order chi connectivity index (χ0) is 20.8. The molecule has 0 saturated carbocycles. The predicted molar refractivity (Wildman–Crippen MR) is 113 cm³/mol. The molecule has 2 aromatic rings. The number of carbonyl (C=O) groups is 2. The lowest BCUT2D eigenvalue weighted by molar-refractivity contribution is -0.143. The monoisotopic (exact) mass is 409 g/mol. The first-order valence-electron chi connectivity index (χ1n) is 10.4. The summed E-state index contributed by atoms with van der Waals surface area (Å²) in [6.07, 6.45) is 0.203. The van der Waals surface area contributed by atoms with Crippen molar-refractivity contribution in [2.45, 2.75) is 12.5 Å². The Morgan fingerprint density at radius 2 is 1.63 bits per heavy atom. The van der Waals surface area contributed by atoms with Gasteiger partial charge in [-0.15, -0.1) is 0 Å². The second-order valence-corrected chi connectivity index (χ2v) is 7.55. The summed E-state index contributed by atoms with van der Waals surface area (Å²) >= 11 is 0. The Kier molecular flexibility index (Phi) is 6.49. The Balaban J connectivity index is 1.17. The molecule has 2 amide bonds. The second-order valence-electron chi connectivity index (χ2n) is 7.55. The van der Waals surface area contributed by atoms with Gasteiger partial charge in [-0.1, -0.05) is 42.5 Å². The van der Waals surface area contributed by atoms with Crippen molar-refractivity contribution < 1.29 is 19.1 Å². The Bertz CT molecular complexity index is 866. The summed E-state index contributed by atoms with van der Waals surface area (Å²) in [7, 11) is 0. The molecule has 2 aliphatic rings. The Labute approximate surface area is 176 Å². The summed E-state index contributed by atoms with van der Waals surface area (Å²) in [5.74, 6) is 1.24. The van der Waals surface area contributed by atoms with Crippen molar-refractivity contribution in [3.8, 4) is 11.5 Å². The molecular weight excluding hydrogens is 382 g/mol. The van der Waals surface area contributed by atoms with Crippen LogP contribution in [0, 0.1) is 0 Å². The molecule has 30 heavy (non-hydrogen) atoms. The summed E-state index contributed by atoms with van der Waals surface area (Å²) in [5, 5.41) is 2.98. The molecule has 0 radical (unpaired) electrons. The topological polar surface area (TPSA) is 71.1 Å². The molecule has 2 heterocycles. The molecule has 0 aromatic heterocycles. The highest BCUT2D eigenvalue weighted by molar-refractivity contribution is 5.82. The first-order chi connectivity index (χ1) is 14.7. The number of piperazine rings is 1. The molecule has 0 unspecified atom stereocenters. The van der Waals surface area contributed by atoms with Crippen molar-refractivity contribution in [3.05, 3.63) is 60.2 Å². The molecule has 0 bridgehead atoms. The Morgan fingerprint density at radius 3 is 2.40 bits per heavy atom. The van der Waals surface area contributed by atoms with Crippen molar-refractivity contribution in [1.29, 1.82) is 0 Å². The third-order valence-corrected chi connectivity index (χ3v) is 5.41. The van der Waals surface area contributed by atoms with Gasteiger partial charge in [0.05, 0.1) is 6.54 Å². The van der Waals surface area contributed by atoms with E-state index in [4.69, 9.17) is 9.47 Å². The maximum absolute atomic E-state index is 12.8. The third kappa shape index (κ3) is 5.10. The minimum atomic E-state index is -0.618. The van der Waals surface area contributed by atoms with Crippen molar-refractivity contribution in [2.75, 3.05) is 45.9 Å². The zero-order valence-electron chi connectivity index (χ0n) is 17.0. The number of hydrogen-bond donors (Lipinski definition) is 1. The van der Waals surface area contributed by atoms with Crippen LogP contribution < -0.4 is 14.8 Å². The molecule has 2 aliphatic heterocycles. The predicted octanol–water partition coefficient (Wildman–Crippen LogP) is 1.33. The molecule has 1 atom stereocenters. The lowest BCUT2D eigenvalue weighted by Gasteiger charge is -2.36. The van der Waals surface area contributed by atoms with Crippen LogP contribution in [0.15, 0.2) is 54.6 Å². The molecular formula is C23H27N3O4. The van der Waals surface area contributed by atoms with Crippen LogP contribution in [0.1, 0.15) is 5.56 Å². The van der Waals surface area contributed by atoms with E-state index in [9.17, 15) is 9.59 Å². The second kappa shape index (κ2) is 9.63. The van der Waals surface area contributed by atoms with E-state index in [2.05, 4.69) is 22.3 Å². The van der Waals surface area contributed by atoms with Crippen molar-refractivity contribution in [1.82, 2.24) is 15.1 Å². The van der Waals surface area contributed by atoms with Crippen LogP contribution >= 0.6 is 0 Å². The lowest BCUT2D eigenvalue weighted by Crippen LogP contribution is -2.55. The van der Waals surface area contributed by atoms with Gasteiger partial charge in [-0.05, 0) is 24.1 Å². The number of benzene rings is 2. The molecule has 1 saturated heterocycles. The number of rotatable bonds is 6. The number of nitrogens with zero attached hydrogens (tertiary/aromatic N) is 2. The van der Waals surface area contributed by atoms with Gasteiger partial charge in [-0.25, -0.2) is 0 Å². The fraction of sp³-hybridized carbons (Fsp3) is 0.391. The van der Waals surface area contributed by atoms with Crippen molar-refractivity contribution >= 4 is 11.8 Å². The van der Waals surface area contributed by atoms with Gasteiger partial charge in [-0.3, -0.25) is 14.5 Å². The lowest BCUT2D eigenvalue weighted by atomic mass is 10.1. The van der Waals surface area contributed by atoms with Crippen molar-refractivity contribution in [2.24, 2.45) is 0 Å². The van der Waals surface area contributed by atoms with Crippen LogP contribution in [0.2, 0.25) is 0 Å². The normalized spacial score (nSPS) is 18.7. The number of carbonyl (C=O) groups excluding carboxylic acids is 2. The zero-order valence-corrected chi connectivity index (χ0v) is 17.0. The number of amides is 2. The van der Waals surface area contributed by atoms with Gasteiger partial charge < -0.3 is 19.7 Å². The number of hydrogen-bond acceptors (Lipinski definition) is 5. The molecule has 1 N–H and O–H groups in total. The average molecular weight is 409 g/mol. The third-order valence-electron chi connectivity index (χ3n) is 5.41. The van der Waals surface area contributed by atoms with Gasteiger partial charge in [0.1, 0.15) is 6.61 Å². The first-order valence-corrected chi connectivity index (χ1v) is 10.4. The standard InChI is InChI=1S/C23H27N3O4/c27-22(24-11-10-18-6-2-1-3-7-18)16-25-12-14-26(15-13-25)23(28)21-17-29-19-8-4-5-9-20(19)30-21/h1-9,21H,10-17H2,(H,24,27)/t21-/m0/s1. The van der Waals surface area contributed by atoms with Gasteiger partial charge in [0.15, 0.2) is 11.5 Å². The van der Waals surface area contributed by atoms with Crippen LogP contribution in [-0.4, -0.2) is 73.6 Å². The molecule has 0 spiro atoms. The summed E-state index contributed by atoms with van der Waals surface area (Å²) < 4.78 is 11.5. The maximum atomic E-state index is 12.8. The number of para-hydroxylation sites is 2. The summed E-state index contributed by atoms with van der Waals surface area (Å²) in [6.45, 7) is 3.70. The van der Waals surface area contributed by atoms with Crippen molar-refractivity contribution in [3.63, 3.8) is 0 Å². The van der Waals surface area contributed by atoms with Gasteiger partial charge in [0, 0.05) is 32.7 Å². The highest BCUT2D eigenvalue weighted by Gasteiger charge is 2.32. The molecule has 1 fully saturated rings. The van der Waals surface area contributed by atoms with E-state index in [-0.39, 0.29) is 18.4 Å². The highest BCUT2D eigenvalue weighted by Crippen LogP contribution is 2.31. The number of ether oxygens (including phenoxy) is 2. The molecule has 2 aromatic carbocycles. The molecule has 158 valence electrons. The minimum Gasteiger partial charge on any atom is -0.485 e. The van der Waals surface area contributed by atoms with E-state index in [1.165, 1.54) is 5.56 Å².